The molecule has 0 atom stereocenters. The second-order valence-electron chi connectivity index (χ2n) is 5.74. The molecule has 0 radical (unpaired) electrons. The highest BCUT2D eigenvalue weighted by molar-refractivity contribution is 5.35. The maximum atomic E-state index is 9.45. The van der Waals surface area contributed by atoms with E-state index >= 15 is 0 Å². The fraction of sp³-hybridized carbons (Fsp3) is 0.571. The molecule has 2 rings (SSSR count). The summed E-state index contributed by atoms with van der Waals surface area (Å²) in [6.07, 6.45) is 3.19. The largest absolute Gasteiger partial charge is 0.395 e. The van der Waals surface area contributed by atoms with Gasteiger partial charge in [-0.3, -0.25) is 0 Å². The lowest BCUT2D eigenvalue weighted by molar-refractivity contribution is 0.217. The Bertz CT molecular complexity index is 380. The van der Waals surface area contributed by atoms with Crippen LogP contribution in [0, 0.1) is 0 Å². The van der Waals surface area contributed by atoms with Crippen LogP contribution in [-0.4, -0.2) is 17.3 Å². The van der Waals surface area contributed by atoms with Gasteiger partial charge in [0.1, 0.15) is 0 Å². The Balaban J connectivity index is 2.30. The van der Waals surface area contributed by atoms with E-state index in [9.17, 15) is 5.11 Å². The van der Waals surface area contributed by atoms with E-state index in [0.717, 1.165) is 19.3 Å². The van der Waals surface area contributed by atoms with Gasteiger partial charge in [-0.15, -0.1) is 0 Å². The van der Waals surface area contributed by atoms with Crippen LogP contribution in [0.3, 0.4) is 0 Å². The van der Waals surface area contributed by atoms with E-state index in [2.05, 4.69) is 32.0 Å². The first-order valence-corrected chi connectivity index (χ1v) is 5.95. The van der Waals surface area contributed by atoms with Gasteiger partial charge >= 0.3 is 0 Å². The quantitative estimate of drug-likeness (QED) is 0.813. The lowest BCUT2D eigenvalue weighted by atomic mass is 9.81. The minimum absolute atomic E-state index is 0.0294. The third kappa shape index (κ3) is 2.28. The summed E-state index contributed by atoms with van der Waals surface area (Å²) in [7, 11) is 0. The molecule has 1 aliphatic carbocycles. The number of nitrogens with two attached hydrogens (primary N) is 1. The summed E-state index contributed by atoms with van der Waals surface area (Å²) in [4.78, 5) is 0. The second-order valence-corrected chi connectivity index (χ2v) is 5.74. The molecular formula is C14H21NO. The summed E-state index contributed by atoms with van der Waals surface area (Å²) in [6.45, 7) is 4.31. The Morgan fingerprint density at radius 1 is 1.31 bits per heavy atom. The minimum atomic E-state index is -0.179. The summed E-state index contributed by atoms with van der Waals surface area (Å²) >= 11 is 0. The molecule has 1 fully saturated rings. The molecule has 0 amide bonds. The molecule has 16 heavy (non-hydrogen) atoms. The monoisotopic (exact) mass is 219 g/mol. The van der Waals surface area contributed by atoms with Gasteiger partial charge in [-0.1, -0.05) is 38.1 Å². The second kappa shape index (κ2) is 3.86. The van der Waals surface area contributed by atoms with Gasteiger partial charge in [0.25, 0.3) is 0 Å². The topological polar surface area (TPSA) is 46.2 Å². The lowest BCUT2D eigenvalue weighted by Gasteiger charge is -2.26. The molecule has 0 aromatic heterocycles. The smallest absolute Gasteiger partial charge is 0.0522 e. The number of benzene rings is 1. The summed E-state index contributed by atoms with van der Waals surface area (Å²) in [5.41, 5.74) is 8.54. The normalized spacial score (nSPS) is 18.5. The number of hydrogen-bond donors (Lipinski definition) is 2. The van der Waals surface area contributed by atoms with Gasteiger partial charge in [0.2, 0.25) is 0 Å². The zero-order valence-corrected chi connectivity index (χ0v) is 10.2. The standard InChI is InChI=1S/C14H21NO/c1-13(2,10-16)12-6-4-3-5-11(12)9-14(15)7-8-14/h3-6,16H,7-10,15H2,1-2H3. The average molecular weight is 219 g/mol. The van der Waals surface area contributed by atoms with Crippen molar-refractivity contribution in [2.75, 3.05) is 6.61 Å². The summed E-state index contributed by atoms with van der Waals surface area (Å²) in [5, 5.41) is 9.45. The Hall–Kier alpha value is -0.860. The van der Waals surface area contributed by atoms with E-state index in [1.807, 2.05) is 6.07 Å². The molecular weight excluding hydrogens is 198 g/mol. The first-order valence-electron chi connectivity index (χ1n) is 5.95. The summed E-state index contributed by atoms with van der Waals surface area (Å²) in [6, 6.07) is 8.33. The first-order chi connectivity index (χ1) is 7.47. The maximum absolute atomic E-state index is 9.45. The van der Waals surface area contributed by atoms with Crippen LogP contribution in [0.2, 0.25) is 0 Å². The summed E-state index contributed by atoms with van der Waals surface area (Å²) < 4.78 is 0. The summed E-state index contributed by atoms with van der Waals surface area (Å²) in [5.74, 6) is 0. The SMILES string of the molecule is CC(C)(CO)c1ccccc1CC1(N)CC1. The lowest BCUT2D eigenvalue weighted by Crippen LogP contribution is -2.29. The van der Waals surface area contributed by atoms with Gasteiger partial charge in [0.15, 0.2) is 0 Å². The zero-order valence-electron chi connectivity index (χ0n) is 10.2. The molecule has 1 aromatic carbocycles. The molecule has 0 saturated heterocycles. The third-order valence-electron chi connectivity index (χ3n) is 3.58. The van der Waals surface area contributed by atoms with Crippen LogP contribution >= 0.6 is 0 Å². The number of aliphatic hydroxyl groups excluding tert-OH is 1. The van der Waals surface area contributed by atoms with Crippen LogP contribution in [-0.2, 0) is 11.8 Å². The van der Waals surface area contributed by atoms with Crippen molar-refractivity contribution in [1.29, 1.82) is 0 Å². The van der Waals surface area contributed by atoms with Crippen LogP contribution in [0.15, 0.2) is 24.3 Å². The Morgan fingerprint density at radius 3 is 2.50 bits per heavy atom. The van der Waals surface area contributed by atoms with Crippen molar-refractivity contribution in [1.82, 2.24) is 0 Å². The van der Waals surface area contributed by atoms with Gasteiger partial charge < -0.3 is 10.8 Å². The van der Waals surface area contributed by atoms with Crippen molar-refractivity contribution in [3.8, 4) is 0 Å². The van der Waals surface area contributed by atoms with Gasteiger partial charge in [0, 0.05) is 11.0 Å². The molecule has 0 aliphatic heterocycles. The molecule has 2 heteroatoms. The van der Waals surface area contributed by atoms with Gasteiger partial charge in [0.05, 0.1) is 6.61 Å². The van der Waals surface area contributed by atoms with Crippen molar-refractivity contribution >= 4 is 0 Å². The van der Waals surface area contributed by atoms with Gasteiger partial charge in [-0.05, 0) is 30.4 Å². The van der Waals surface area contributed by atoms with Crippen LogP contribution in [0.4, 0.5) is 0 Å². The molecule has 0 spiro atoms. The van der Waals surface area contributed by atoms with E-state index in [1.165, 1.54) is 11.1 Å². The Morgan fingerprint density at radius 2 is 1.94 bits per heavy atom. The average Bonchev–Trinajstić information content (AvgIpc) is 2.97. The minimum Gasteiger partial charge on any atom is -0.395 e. The number of aliphatic hydroxyl groups is 1. The molecule has 2 nitrogen and oxygen atoms in total. The fourth-order valence-electron chi connectivity index (χ4n) is 2.14. The van der Waals surface area contributed by atoms with Gasteiger partial charge in [-0.2, -0.15) is 0 Å². The van der Waals surface area contributed by atoms with E-state index in [4.69, 9.17) is 5.73 Å². The highest BCUT2D eigenvalue weighted by atomic mass is 16.3. The van der Waals surface area contributed by atoms with Crippen molar-refractivity contribution in [2.24, 2.45) is 5.73 Å². The molecule has 1 aromatic rings. The molecule has 1 saturated carbocycles. The Kier molecular flexibility index (Phi) is 2.81. The number of rotatable bonds is 4. The van der Waals surface area contributed by atoms with Gasteiger partial charge in [-0.25, -0.2) is 0 Å². The zero-order chi connectivity index (χ0) is 11.8. The molecule has 0 unspecified atom stereocenters. The van der Waals surface area contributed by atoms with Crippen molar-refractivity contribution in [2.45, 2.75) is 44.1 Å². The van der Waals surface area contributed by atoms with Crippen LogP contribution in [0.1, 0.15) is 37.8 Å². The molecule has 88 valence electrons. The fourth-order valence-corrected chi connectivity index (χ4v) is 2.14. The van der Waals surface area contributed by atoms with E-state index in [1.54, 1.807) is 0 Å². The molecule has 1 aliphatic rings. The van der Waals surface area contributed by atoms with E-state index in [-0.39, 0.29) is 17.6 Å². The van der Waals surface area contributed by atoms with Crippen molar-refractivity contribution in [3.63, 3.8) is 0 Å². The number of hydrogen-bond acceptors (Lipinski definition) is 2. The van der Waals surface area contributed by atoms with Crippen LogP contribution in [0.5, 0.6) is 0 Å². The predicted octanol–water partition coefficient (Wildman–Crippen LogP) is 1.99. The van der Waals surface area contributed by atoms with E-state index in [0.29, 0.717) is 0 Å². The molecule has 0 bridgehead atoms. The molecule has 3 N–H and O–H groups in total. The van der Waals surface area contributed by atoms with Crippen molar-refractivity contribution < 1.29 is 5.11 Å². The van der Waals surface area contributed by atoms with E-state index < -0.39 is 0 Å². The third-order valence-corrected chi connectivity index (χ3v) is 3.58. The highest BCUT2D eigenvalue weighted by Gasteiger charge is 2.39. The van der Waals surface area contributed by atoms with Crippen molar-refractivity contribution in [3.05, 3.63) is 35.4 Å². The Labute approximate surface area is 97.5 Å². The van der Waals surface area contributed by atoms with Crippen LogP contribution in [0.25, 0.3) is 0 Å². The maximum Gasteiger partial charge on any atom is 0.0522 e. The van der Waals surface area contributed by atoms with Crippen LogP contribution < -0.4 is 5.73 Å². The molecule has 0 heterocycles. The predicted molar refractivity (Wildman–Crippen MR) is 66.4 cm³/mol. The highest BCUT2D eigenvalue weighted by Crippen LogP contribution is 2.38. The first kappa shape index (κ1) is 11.6.